The summed E-state index contributed by atoms with van der Waals surface area (Å²) in [6.07, 6.45) is 0. The van der Waals surface area contributed by atoms with Crippen LogP contribution in [0.15, 0.2) is 124 Å². The summed E-state index contributed by atoms with van der Waals surface area (Å²) < 4.78 is 0. The van der Waals surface area contributed by atoms with Crippen molar-refractivity contribution in [2.75, 3.05) is 0 Å². The summed E-state index contributed by atoms with van der Waals surface area (Å²) in [6.45, 7) is 20.3. The van der Waals surface area contributed by atoms with Gasteiger partial charge >= 0.3 is 0 Å². The van der Waals surface area contributed by atoms with Gasteiger partial charge in [-0.3, -0.25) is 0 Å². The smallest absolute Gasteiger partial charge is 0.0291 e. The molecule has 0 N–H and O–H groups in total. The van der Waals surface area contributed by atoms with Gasteiger partial charge in [-0.1, -0.05) is 145 Å². The van der Waals surface area contributed by atoms with Crippen molar-refractivity contribution in [3.05, 3.63) is 96.1 Å². The summed E-state index contributed by atoms with van der Waals surface area (Å²) in [7, 11) is 0. The first-order valence-corrected chi connectivity index (χ1v) is 17.0. The van der Waals surface area contributed by atoms with Crippen LogP contribution >= 0.6 is 47.0 Å². The van der Waals surface area contributed by atoms with Crippen molar-refractivity contribution >= 4 is 47.0 Å². The third-order valence-corrected chi connectivity index (χ3v) is 10.1. The number of rotatable bonds is 0. The highest BCUT2D eigenvalue weighted by molar-refractivity contribution is 8.05. The minimum absolute atomic E-state index is 1.33. The van der Waals surface area contributed by atoms with Gasteiger partial charge in [0.25, 0.3) is 0 Å². The van der Waals surface area contributed by atoms with E-state index in [1.807, 2.05) is 102 Å². The van der Waals surface area contributed by atoms with Gasteiger partial charge in [0, 0.05) is 39.2 Å². The molecule has 2 aliphatic heterocycles. The van der Waals surface area contributed by atoms with E-state index < -0.39 is 0 Å². The highest BCUT2D eigenvalue weighted by Crippen LogP contribution is 2.49. The lowest BCUT2D eigenvalue weighted by molar-refractivity contribution is 1.12. The second kappa shape index (κ2) is 19.4. The van der Waals surface area contributed by atoms with Crippen LogP contribution in [0.4, 0.5) is 0 Å². The van der Waals surface area contributed by atoms with Gasteiger partial charge in [-0.2, -0.15) is 0 Å². The van der Waals surface area contributed by atoms with Crippen LogP contribution in [0.3, 0.4) is 0 Å². The molecule has 0 amide bonds. The molecule has 4 aromatic carbocycles. The van der Waals surface area contributed by atoms with Gasteiger partial charge in [-0.05, 0) is 67.4 Å². The van der Waals surface area contributed by atoms with Gasteiger partial charge in [-0.15, -0.1) is 0 Å². The molecule has 0 aliphatic carbocycles. The third-order valence-electron chi connectivity index (χ3n) is 4.85. The van der Waals surface area contributed by atoms with Gasteiger partial charge in [0.1, 0.15) is 0 Å². The van der Waals surface area contributed by atoms with E-state index in [4.69, 9.17) is 0 Å². The standard InChI is InChI=1S/2C13H10S2.4C2H6/c1-9-5-4-8-12-13(9)15-11-7-3-2-6-10(11)14-12;1-9-6-7-12-13(8-9)15-11-5-3-2-4-10(11)14-12;4*1-2/h2*2-8H,1H3;4*1-2H3. The van der Waals surface area contributed by atoms with Crippen LogP contribution in [-0.4, -0.2) is 0 Å². The summed E-state index contributed by atoms with van der Waals surface area (Å²) in [6, 6.07) is 30.4. The van der Waals surface area contributed by atoms with Crippen molar-refractivity contribution in [1.29, 1.82) is 0 Å². The van der Waals surface area contributed by atoms with Crippen LogP contribution in [0.5, 0.6) is 0 Å². The zero-order chi connectivity index (χ0) is 28.5. The first-order valence-electron chi connectivity index (χ1n) is 13.8. The highest BCUT2D eigenvalue weighted by atomic mass is 32.2. The summed E-state index contributed by atoms with van der Waals surface area (Å²) >= 11 is 7.51. The van der Waals surface area contributed by atoms with Crippen LogP contribution in [0, 0.1) is 13.8 Å². The average Bonchev–Trinajstić information content (AvgIpc) is 3.00. The maximum absolute atomic E-state index is 2.27. The molecule has 0 spiro atoms. The fourth-order valence-corrected chi connectivity index (χ4v) is 8.02. The van der Waals surface area contributed by atoms with E-state index in [1.54, 1.807) is 0 Å². The van der Waals surface area contributed by atoms with Gasteiger partial charge in [0.15, 0.2) is 0 Å². The number of benzene rings is 4. The Morgan fingerprint density at radius 2 is 0.763 bits per heavy atom. The zero-order valence-corrected chi connectivity index (χ0v) is 28.0. The Labute approximate surface area is 250 Å². The molecule has 0 saturated carbocycles. The Morgan fingerprint density at radius 1 is 0.368 bits per heavy atom. The number of aryl methyl sites for hydroxylation is 2. The Hall–Kier alpha value is -1.72. The largest absolute Gasteiger partial charge is 0.0877 e. The minimum atomic E-state index is 1.33. The second-order valence-electron chi connectivity index (χ2n) is 7.15. The van der Waals surface area contributed by atoms with Gasteiger partial charge in [-0.25, -0.2) is 0 Å². The molecule has 6 rings (SSSR count). The summed E-state index contributed by atoms with van der Waals surface area (Å²) in [5.74, 6) is 0. The molecule has 0 fully saturated rings. The molecule has 4 heteroatoms. The van der Waals surface area contributed by atoms with Crippen LogP contribution in [0.2, 0.25) is 0 Å². The fraction of sp³-hybridized carbons (Fsp3) is 0.294. The first-order chi connectivity index (χ1) is 18.7. The Balaban J connectivity index is 0.000000302. The van der Waals surface area contributed by atoms with Crippen LogP contribution in [0.1, 0.15) is 66.5 Å². The number of hydrogen-bond acceptors (Lipinski definition) is 4. The maximum atomic E-state index is 2.27. The number of hydrogen-bond donors (Lipinski definition) is 0. The van der Waals surface area contributed by atoms with Crippen LogP contribution in [0.25, 0.3) is 0 Å². The van der Waals surface area contributed by atoms with E-state index in [0.717, 1.165) is 0 Å². The molecule has 4 aromatic rings. The van der Waals surface area contributed by atoms with Crippen LogP contribution in [-0.2, 0) is 0 Å². The van der Waals surface area contributed by atoms with E-state index in [-0.39, 0.29) is 0 Å². The van der Waals surface area contributed by atoms with Crippen molar-refractivity contribution in [3.8, 4) is 0 Å². The first kappa shape index (κ1) is 34.3. The molecule has 204 valence electrons. The van der Waals surface area contributed by atoms with Crippen LogP contribution < -0.4 is 0 Å². The third kappa shape index (κ3) is 9.48. The van der Waals surface area contributed by atoms with Gasteiger partial charge in [0.2, 0.25) is 0 Å². The van der Waals surface area contributed by atoms with Crippen molar-refractivity contribution in [3.63, 3.8) is 0 Å². The molecule has 0 aromatic heterocycles. The Morgan fingerprint density at radius 3 is 1.29 bits per heavy atom. The molecular weight excluding hydrogens is 537 g/mol. The molecule has 0 bridgehead atoms. The molecule has 0 radical (unpaired) electrons. The average molecular weight is 581 g/mol. The van der Waals surface area contributed by atoms with E-state index in [9.17, 15) is 0 Å². The quantitative estimate of drug-likeness (QED) is 0.175. The summed E-state index contributed by atoms with van der Waals surface area (Å²) in [5, 5.41) is 0. The minimum Gasteiger partial charge on any atom is -0.0877 e. The van der Waals surface area contributed by atoms with E-state index in [2.05, 4.69) is 98.8 Å². The SMILES string of the molecule is CC.CC.CC.CC.Cc1ccc2c(c1)Sc1ccccc1S2.Cc1cccc2c1Sc1ccccc1S2. The van der Waals surface area contributed by atoms with E-state index in [1.165, 1.54) is 50.3 Å². The molecule has 38 heavy (non-hydrogen) atoms. The zero-order valence-electron chi connectivity index (χ0n) is 24.7. The lowest BCUT2D eigenvalue weighted by Crippen LogP contribution is -1.90. The van der Waals surface area contributed by atoms with E-state index >= 15 is 0 Å². The second-order valence-corrected chi connectivity index (χ2v) is 11.5. The molecule has 0 atom stereocenters. The molecule has 0 nitrogen and oxygen atoms in total. The predicted molar refractivity (Wildman–Crippen MR) is 177 cm³/mol. The topological polar surface area (TPSA) is 0 Å². The monoisotopic (exact) mass is 580 g/mol. The van der Waals surface area contributed by atoms with Crippen molar-refractivity contribution < 1.29 is 0 Å². The number of fused-ring (bicyclic) bond motifs is 4. The van der Waals surface area contributed by atoms with Crippen molar-refractivity contribution in [2.45, 2.75) is 108 Å². The molecule has 2 heterocycles. The normalized spacial score (nSPS) is 11.0. The molecule has 0 unspecified atom stereocenters. The summed E-state index contributed by atoms with van der Waals surface area (Å²) in [5.41, 5.74) is 2.71. The van der Waals surface area contributed by atoms with Crippen molar-refractivity contribution in [2.24, 2.45) is 0 Å². The highest BCUT2D eigenvalue weighted by Gasteiger charge is 2.17. The fourth-order valence-electron chi connectivity index (χ4n) is 3.32. The molecule has 2 aliphatic rings. The molecular formula is C34H44S4. The molecule has 0 saturated heterocycles. The lowest BCUT2D eigenvalue weighted by Gasteiger charge is -2.19. The van der Waals surface area contributed by atoms with Gasteiger partial charge < -0.3 is 0 Å². The van der Waals surface area contributed by atoms with E-state index in [0.29, 0.717) is 0 Å². The van der Waals surface area contributed by atoms with Gasteiger partial charge in [0.05, 0.1) is 0 Å². The Kier molecular flexibility index (Phi) is 17.5. The van der Waals surface area contributed by atoms with Crippen molar-refractivity contribution in [1.82, 2.24) is 0 Å². The summed E-state index contributed by atoms with van der Waals surface area (Å²) in [4.78, 5) is 11.1. The maximum Gasteiger partial charge on any atom is 0.0291 e. The Bertz CT molecular complexity index is 1220. The predicted octanol–water partition coefficient (Wildman–Crippen LogP) is 13.3. The lowest BCUT2D eigenvalue weighted by atomic mass is 10.2.